The normalized spacial score (nSPS) is 14.4. The van der Waals surface area contributed by atoms with Gasteiger partial charge in [-0.1, -0.05) is 11.6 Å². The van der Waals surface area contributed by atoms with Gasteiger partial charge in [0.05, 0.1) is 25.3 Å². The first-order valence-electron chi connectivity index (χ1n) is 6.71. The molecule has 1 fully saturated rings. The van der Waals surface area contributed by atoms with Crippen LogP contribution in [0.3, 0.4) is 0 Å². The van der Waals surface area contributed by atoms with Crippen LogP contribution < -0.4 is 15.8 Å². The van der Waals surface area contributed by atoms with Crippen molar-refractivity contribution >= 4 is 28.6 Å². The number of hydrogen-bond acceptors (Lipinski definition) is 7. The lowest BCUT2D eigenvalue weighted by Crippen LogP contribution is -2.30. The molecular weight excluding hydrogens is 294 g/mol. The molecule has 2 aromatic rings. The number of pyridine rings is 1. The van der Waals surface area contributed by atoms with Crippen LogP contribution in [-0.4, -0.2) is 47.9 Å². The van der Waals surface area contributed by atoms with Crippen molar-refractivity contribution in [3.63, 3.8) is 0 Å². The number of hydrogen-bond donors (Lipinski definition) is 2. The molecule has 0 aliphatic carbocycles. The van der Waals surface area contributed by atoms with Gasteiger partial charge in [0.1, 0.15) is 5.15 Å². The Morgan fingerprint density at radius 3 is 2.62 bits per heavy atom. The van der Waals surface area contributed by atoms with Crippen LogP contribution in [0.25, 0.3) is 11.0 Å². The number of nitrogens with one attached hydrogen (secondary N) is 1. The van der Waals surface area contributed by atoms with Gasteiger partial charge in [0.15, 0.2) is 5.52 Å². The number of halogens is 1. The summed E-state index contributed by atoms with van der Waals surface area (Å²) in [5, 5.41) is 3.53. The summed E-state index contributed by atoms with van der Waals surface area (Å²) >= 11 is 5.78. The average Bonchev–Trinajstić information content (AvgIpc) is 2.51. The predicted octanol–water partition coefficient (Wildman–Crippen LogP) is 1.27. The minimum atomic E-state index is 0.162. The second-order valence-corrected chi connectivity index (χ2v) is 4.57. The molecule has 0 spiro atoms. The molecule has 114 valence electrons. The third kappa shape index (κ3) is 4.66. The van der Waals surface area contributed by atoms with Crippen LogP contribution in [0.5, 0.6) is 5.88 Å². The minimum Gasteiger partial charge on any atom is -0.476 e. The molecule has 1 aliphatic rings. The minimum absolute atomic E-state index is 0.162. The van der Waals surface area contributed by atoms with E-state index in [2.05, 4.69) is 20.3 Å². The van der Waals surface area contributed by atoms with Crippen LogP contribution in [0.1, 0.15) is 6.92 Å². The maximum absolute atomic E-state index is 5.78. The second-order valence-electron chi connectivity index (χ2n) is 4.18. The molecule has 3 heterocycles. The number of morpholine rings is 1. The summed E-state index contributed by atoms with van der Waals surface area (Å²) in [4.78, 5) is 12.1. The maximum Gasteiger partial charge on any atom is 0.245 e. The van der Waals surface area contributed by atoms with Crippen molar-refractivity contribution in [1.82, 2.24) is 20.3 Å². The molecule has 8 heteroatoms. The van der Waals surface area contributed by atoms with Gasteiger partial charge in [0.2, 0.25) is 11.8 Å². The lowest BCUT2D eigenvalue weighted by molar-refractivity contribution is 0.109. The van der Waals surface area contributed by atoms with E-state index in [0.29, 0.717) is 28.7 Å². The van der Waals surface area contributed by atoms with Gasteiger partial charge in [0, 0.05) is 13.1 Å². The molecule has 0 saturated carbocycles. The quantitative estimate of drug-likeness (QED) is 0.806. The van der Waals surface area contributed by atoms with Crippen molar-refractivity contribution < 1.29 is 9.47 Å². The van der Waals surface area contributed by atoms with Crippen LogP contribution in [0, 0.1) is 0 Å². The molecule has 7 nitrogen and oxygen atoms in total. The molecule has 21 heavy (non-hydrogen) atoms. The molecule has 1 saturated heterocycles. The fourth-order valence-corrected chi connectivity index (χ4v) is 1.88. The lowest BCUT2D eigenvalue weighted by atomic mass is 10.3. The highest BCUT2D eigenvalue weighted by atomic mass is 35.5. The van der Waals surface area contributed by atoms with Gasteiger partial charge in [-0.25, -0.2) is 9.97 Å². The highest BCUT2D eigenvalue weighted by Crippen LogP contribution is 2.22. The molecular formula is C13H18ClN5O2. The van der Waals surface area contributed by atoms with Crippen molar-refractivity contribution in [1.29, 1.82) is 0 Å². The van der Waals surface area contributed by atoms with Crippen LogP contribution in [0.4, 0.5) is 5.95 Å². The second kappa shape index (κ2) is 7.92. The summed E-state index contributed by atoms with van der Waals surface area (Å²) in [6.07, 6.45) is 0. The first-order chi connectivity index (χ1) is 10.2. The lowest BCUT2D eigenvalue weighted by Gasteiger charge is -2.10. The van der Waals surface area contributed by atoms with E-state index in [4.69, 9.17) is 26.8 Å². The molecule has 0 atom stereocenters. The third-order valence-electron chi connectivity index (χ3n) is 2.62. The SMILES string of the molecule is C1COCCN1.CCOc1nc(N)nc2ccc(Cl)nc12. The van der Waals surface area contributed by atoms with Gasteiger partial charge in [-0.2, -0.15) is 4.98 Å². The summed E-state index contributed by atoms with van der Waals surface area (Å²) in [6, 6.07) is 3.37. The van der Waals surface area contributed by atoms with Crippen LogP contribution in [0.15, 0.2) is 12.1 Å². The van der Waals surface area contributed by atoms with Crippen LogP contribution in [-0.2, 0) is 4.74 Å². The zero-order valence-electron chi connectivity index (χ0n) is 11.8. The Bertz CT molecular complexity index is 581. The fourth-order valence-electron chi connectivity index (χ4n) is 1.73. The predicted molar refractivity (Wildman–Crippen MR) is 81.6 cm³/mol. The summed E-state index contributed by atoms with van der Waals surface area (Å²) in [5.41, 5.74) is 6.68. The van der Waals surface area contributed by atoms with Gasteiger partial charge in [-0.05, 0) is 19.1 Å². The molecule has 0 radical (unpaired) electrons. The summed E-state index contributed by atoms with van der Waals surface area (Å²) in [6.45, 7) is 6.18. The molecule has 0 aromatic carbocycles. The molecule has 3 rings (SSSR count). The highest BCUT2D eigenvalue weighted by molar-refractivity contribution is 6.29. The van der Waals surface area contributed by atoms with Crippen molar-refractivity contribution in [3.8, 4) is 5.88 Å². The van der Waals surface area contributed by atoms with E-state index in [1.807, 2.05) is 6.92 Å². The Kier molecular flexibility index (Phi) is 5.91. The zero-order valence-corrected chi connectivity index (χ0v) is 12.6. The van der Waals surface area contributed by atoms with E-state index >= 15 is 0 Å². The maximum atomic E-state index is 5.78. The van der Waals surface area contributed by atoms with Crippen molar-refractivity contribution in [3.05, 3.63) is 17.3 Å². The number of anilines is 1. The van der Waals surface area contributed by atoms with Gasteiger partial charge in [0.25, 0.3) is 0 Å². The first kappa shape index (κ1) is 15.7. The van der Waals surface area contributed by atoms with Crippen molar-refractivity contribution in [2.24, 2.45) is 0 Å². The van der Waals surface area contributed by atoms with Gasteiger partial charge in [-0.3, -0.25) is 0 Å². The molecule has 2 aromatic heterocycles. The monoisotopic (exact) mass is 311 g/mol. The number of fused-ring (bicyclic) bond motifs is 1. The van der Waals surface area contributed by atoms with E-state index < -0.39 is 0 Å². The third-order valence-corrected chi connectivity index (χ3v) is 2.83. The number of nitrogen functional groups attached to an aromatic ring is 1. The van der Waals surface area contributed by atoms with Crippen LogP contribution in [0.2, 0.25) is 5.15 Å². The zero-order chi connectivity index (χ0) is 15.1. The topological polar surface area (TPSA) is 95.2 Å². The molecule has 1 aliphatic heterocycles. The fraction of sp³-hybridized carbons (Fsp3) is 0.462. The Morgan fingerprint density at radius 1 is 1.29 bits per heavy atom. The Morgan fingerprint density at radius 2 is 2.05 bits per heavy atom. The van der Waals surface area contributed by atoms with E-state index in [0.717, 1.165) is 26.3 Å². The van der Waals surface area contributed by atoms with E-state index in [-0.39, 0.29) is 5.95 Å². The number of ether oxygens (including phenoxy) is 2. The summed E-state index contributed by atoms with van der Waals surface area (Å²) < 4.78 is 10.3. The standard InChI is InChI=1S/C9H9ClN4O.C4H9NO/c1-2-15-8-7-5(12-9(11)14-8)3-4-6(10)13-7;1-3-6-4-2-5-1/h3-4H,2H2,1H3,(H2,11,12,14);5H,1-4H2. The number of aromatic nitrogens is 3. The smallest absolute Gasteiger partial charge is 0.245 e. The van der Waals surface area contributed by atoms with E-state index in [1.165, 1.54) is 0 Å². The Balaban J connectivity index is 0.000000225. The van der Waals surface area contributed by atoms with Gasteiger partial charge >= 0.3 is 0 Å². The summed E-state index contributed by atoms with van der Waals surface area (Å²) in [5.74, 6) is 0.526. The average molecular weight is 312 g/mol. The largest absolute Gasteiger partial charge is 0.476 e. The molecule has 0 amide bonds. The Labute approximate surface area is 127 Å². The van der Waals surface area contributed by atoms with Crippen LogP contribution >= 0.6 is 11.6 Å². The highest BCUT2D eigenvalue weighted by Gasteiger charge is 2.08. The van der Waals surface area contributed by atoms with Crippen molar-refractivity contribution in [2.75, 3.05) is 38.6 Å². The first-order valence-corrected chi connectivity index (χ1v) is 7.09. The number of rotatable bonds is 2. The number of nitrogens with zero attached hydrogens (tertiary/aromatic N) is 3. The Hall–Kier alpha value is -1.70. The molecule has 0 unspecified atom stereocenters. The van der Waals surface area contributed by atoms with E-state index in [1.54, 1.807) is 12.1 Å². The number of nitrogens with two attached hydrogens (primary N) is 1. The van der Waals surface area contributed by atoms with E-state index in [9.17, 15) is 0 Å². The molecule has 3 N–H and O–H groups in total. The molecule has 0 bridgehead atoms. The van der Waals surface area contributed by atoms with Gasteiger partial charge in [-0.15, -0.1) is 0 Å². The van der Waals surface area contributed by atoms with Crippen molar-refractivity contribution in [2.45, 2.75) is 6.92 Å². The summed E-state index contributed by atoms with van der Waals surface area (Å²) in [7, 11) is 0. The van der Waals surface area contributed by atoms with Gasteiger partial charge < -0.3 is 20.5 Å².